The van der Waals surface area contributed by atoms with Crippen molar-refractivity contribution in [3.63, 3.8) is 0 Å². The fourth-order valence-corrected chi connectivity index (χ4v) is 13.5. The Labute approximate surface area is 383 Å². The van der Waals surface area contributed by atoms with Gasteiger partial charge < -0.3 is 48.7 Å². The molecule has 65 heavy (non-hydrogen) atoms. The quantitative estimate of drug-likeness (QED) is 0.115. The summed E-state index contributed by atoms with van der Waals surface area (Å²) >= 11 is 0. The summed E-state index contributed by atoms with van der Waals surface area (Å²) in [7, 11) is 0. The van der Waals surface area contributed by atoms with Gasteiger partial charge in [-0.05, 0) is 103 Å². The van der Waals surface area contributed by atoms with Crippen LogP contribution in [0.25, 0.3) is 0 Å². The summed E-state index contributed by atoms with van der Waals surface area (Å²) in [5.74, 6) is -4.32. The van der Waals surface area contributed by atoms with Gasteiger partial charge in [0.25, 0.3) is 0 Å². The molecule has 11 N–H and O–H groups in total. The van der Waals surface area contributed by atoms with Crippen molar-refractivity contribution in [1.82, 2.24) is 37.2 Å². The maximum Gasteiger partial charge on any atom is 0.225 e. The van der Waals surface area contributed by atoms with E-state index >= 15 is 0 Å². The van der Waals surface area contributed by atoms with E-state index in [1.807, 2.05) is 0 Å². The van der Waals surface area contributed by atoms with Crippen LogP contribution in [0.4, 0.5) is 0 Å². The van der Waals surface area contributed by atoms with Gasteiger partial charge in [-0.3, -0.25) is 38.4 Å². The molecule has 0 aromatic heterocycles. The van der Waals surface area contributed by atoms with Crippen LogP contribution in [-0.2, 0) is 38.4 Å². The Bertz CT molecular complexity index is 1810. The molecule has 17 heteroatoms. The van der Waals surface area contributed by atoms with Crippen LogP contribution in [-0.4, -0.2) is 95.6 Å². The van der Waals surface area contributed by atoms with E-state index in [0.29, 0.717) is 83.5 Å². The number of hydrogen-bond acceptors (Lipinski definition) is 9. The minimum absolute atomic E-state index is 0.0554. The molecule has 0 aromatic carbocycles. The summed E-state index contributed by atoms with van der Waals surface area (Å²) in [5.41, 5.74) is 11.8. The number of carbonyl (C=O) groups is 8. The molecule has 8 aliphatic rings. The molecule has 0 saturated heterocycles. The first-order valence-electron chi connectivity index (χ1n) is 25.5. The molecular weight excluding hydrogens is 831 g/mol. The van der Waals surface area contributed by atoms with Crippen molar-refractivity contribution in [3.05, 3.63) is 0 Å². The Balaban J connectivity index is 0.794. The lowest BCUT2D eigenvalue weighted by atomic mass is 9.95. The first-order valence-corrected chi connectivity index (χ1v) is 25.5. The van der Waals surface area contributed by atoms with Crippen LogP contribution in [0.15, 0.2) is 0 Å². The van der Waals surface area contributed by atoms with Crippen molar-refractivity contribution in [2.75, 3.05) is 0 Å². The number of nitrogens with one attached hydrogen (secondary N) is 7. The summed E-state index contributed by atoms with van der Waals surface area (Å²) in [6, 6.07) is -2.32. The molecule has 0 unspecified atom stereocenters. The van der Waals surface area contributed by atoms with Gasteiger partial charge in [0.2, 0.25) is 47.3 Å². The summed E-state index contributed by atoms with van der Waals surface area (Å²) < 4.78 is 0. The highest BCUT2D eigenvalue weighted by Crippen LogP contribution is 2.36. The molecule has 8 fully saturated rings. The highest BCUT2D eigenvalue weighted by Gasteiger charge is 2.45. The summed E-state index contributed by atoms with van der Waals surface area (Å²) in [5, 5.41) is 22.1. The first kappa shape index (κ1) is 47.2. The lowest BCUT2D eigenvalue weighted by Gasteiger charge is -2.29. The van der Waals surface area contributed by atoms with Crippen LogP contribution < -0.4 is 48.7 Å². The third kappa shape index (κ3) is 10.8. The summed E-state index contributed by atoms with van der Waals surface area (Å²) in [6.07, 6.45) is 17.6. The molecule has 0 aromatic rings. The van der Waals surface area contributed by atoms with E-state index in [0.717, 1.165) is 70.6 Å². The van der Waals surface area contributed by atoms with Gasteiger partial charge in [0.1, 0.15) is 0 Å². The van der Waals surface area contributed by atoms with Crippen LogP contribution in [0.3, 0.4) is 0 Å². The second kappa shape index (κ2) is 21.1. The van der Waals surface area contributed by atoms with Gasteiger partial charge in [-0.2, -0.15) is 0 Å². The molecule has 16 atom stereocenters. The van der Waals surface area contributed by atoms with E-state index in [9.17, 15) is 38.4 Å². The SMILES string of the molecule is NC(=O)[C@@H]1CCC[C@@H]1NC(=O)[C@@H]1CCC[C@@H]1NC(=O)[C@@H]1CCC[C@@H]1NC(=O)[C@@H]1CCC[C@@H]1NC(=O)[C@@H]1CCC[C@@H]1NC(=O)[C@@H]1CCC[C@@H]1NC(=O)[C@@H]1CCC[C@@H]1NC(=O)[C@@H]1CCC[C@@H]1N. The van der Waals surface area contributed by atoms with Gasteiger partial charge in [0.15, 0.2) is 0 Å². The third-order valence-electron chi connectivity index (χ3n) is 17.2. The number of rotatable bonds is 15. The Morgan fingerprint density at radius 1 is 0.262 bits per heavy atom. The van der Waals surface area contributed by atoms with E-state index in [1.165, 1.54) is 0 Å². The third-order valence-corrected chi connectivity index (χ3v) is 17.2. The van der Waals surface area contributed by atoms with Crippen molar-refractivity contribution in [3.8, 4) is 0 Å². The van der Waals surface area contributed by atoms with E-state index < -0.39 is 29.6 Å². The molecule has 8 aliphatic carbocycles. The van der Waals surface area contributed by atoms with Crippen molar-refractivity contribution in [2.24, 2.45) is 58.8 Å². The second-order valence-electron chi connectivity index (χ2n) is 21.2. The van der Waals surface area contributed by atoms with E-state index in [1.54, 1.807) is 0 Å². The molecule has 8 saturated carbocycles. The van der Waals surface area contributed by atoms with Crippen LogP contribution in [0.5, 0.6) is 0 Å². The Kier molecular flexibility index (Phi) is 15.3. The highest BCUT2D eigenvalue weighted by molar-refractivity contribution is 5.88. The fourth-order valence-electron chi connectivity index (χ4n) is 13.5. The van der Waals surface area contributed by atoms with Crippen LogP contribution >= 0.6 is 0 Å². The predicted molar refractivity (Wildman–Crippen MR) is 239 cm³/mol. The molecule has 17 nitrogen and oxygen atoms in total. The van der Waals surface area contributed by atoms with E-state index in [4.69, 9.17) is 11.5 Å². The van der Waals surface area contributed by atoms with Crippen LogP contribution in [0, 0.1) is 47.3 Å². The number of primary amides is 1. The molecule has 8 amide bonds. The zero-order valence-electron chi connectivity index (χ0n) is 38.1. The number of nitrogens with two attached hydrogens (primary N) is 2. The zero-order valence-corrected chi connectivity index (χ0v) is 38.1. The topological polar surface area (TPSA) is 273 Å². The van der Waals surface area contributed by atoms with Crippen molar-refractivity contribution in [1.29, 1.82) is 0 Å². The molecular formula is C48H75N9O8. The minimum atomic E-state index is -0.434. The standard InChI is InChI=1S/C48H75N9O8/c49-33-17-1-9-25(33)42(59)52-35-19-3-11-27(35)44(61)54-37-21-5-13-29(37)46(63)56-39-23-7-15-31(39)48(65)57-40-24-8-16-32(40)47(64)55-38-22-6-14-30(38)45(62)53-36-20-4-12-28(36)43(60)51-34-18-2-10-26(34)41(50)58/h25-40H,1-24,49H2,(H2,50,58)(H,51,60)(H,52,59)(H,53,62)(H,54,61)(H,55,64)(H,56,63)(H,57,65)/t25-,26-,27-,28-,29-,30-,31-,32-,33+,34+,35+,36+,37+,38+,39+,40+/m1/s1. The molecule has 360 valence electrons. The maximum atomic E-state index is 13.9. The fraction of sp³-hybridized carbons (Fsp3) is 0.833. The van der Waals surface area contributed by atoms with Crippen LogP contribution in [0.2, 0.25) is 0 Å². The first-order chi connectivity index (χ1) is 31.4. The zero-order chi connectivity index (χ0) is 45.8. The molecule has 0 radical (unpaired) electrons. The van der Waals surface area contributed by atoms with E-state index in [-0.39, 0.29) is 113 Å². The molecule has 8 rings (SSSR count). The summed E-state index contributed by atoms with van der Waals surface area (Å²) in [4.78, 5) is 107. The average Bonchev–Trinajstić information content (AvgIpc) is 4.11. The van der Waals surface area contributed by atoms with Gasteiger partial charge in [-0.1, -0.05) is 51.4 Å². The van der Waals surface area contributed by atoms with E-state index in [2.05, 4.69) is 37.2 Å². The largest absolute Gasteiger partial charge is 0.369 e. The lowest BCUT2D eigenvalue weighted by Crippen LogP contribution is -2.54. The molecule has 0 spiro atoms. The molecule has 0 bridgehead atoms. The average molecular weight is 906 g/mol. The van der Waals surface area contributed by atoms with Gasteiger partial charge in [-0.25, -0.2) is 0 Å². The maximum absolute atomic E-state index is 13.9. The van der Waals surface area contributed by atoms with Gasteiger partial charge in [0.05, 0.1) is 47.3 Å². The Hall–Kier alpha value is -4.28. The highest BCUT2D eigenvalue weighted by atomic mass is 16.2. The summed E-state index contributed by atoms with van der Waals surface area (Å²) in [6.45, 7) is 0. The molecule has 0 aliphatic heterocycles. The second-order valence-corrected chi connectivity index (χ2v) is 21.2. The number of amides is 8. The number of hydrogen-bond donors (Lipinski definition) is 9. The predicted octanol–water partition coefficient (Wildman–Crippen LogP) is 1.59. The van der Waals surface area contributed by atoms with Crippen molar-refractivity contribution < 1.29 is 38.4 Å². The van der Waals surface area contributed by atoms with Gasteiger partial charge >= 0.3 is 0 Å². The van der Waals surface area contributed by atoms with Crippen LogP contribution in [0.1, 0.15) is 154 Å². The normalized spacial score (nSPS) is 38.8. The lowest BCUT2D eigenvalue weighted by molar-refractivity contribution is -0.132. The van der Waals surface area contributed by atoms with Gasteiger partial charge in [-0.15, -0.1) is 0 Å². The van der Waals surface area contributed by atoms with Crippen molar-refractivity contribution in [2.45, 2.75) is 202 Å². The minimum Gasteiger partial charge on any atom is -0.369 e. The van der Waals surface area contributed by atoms with Gasteiger partial charge in [0, 0.05) is 48.3 Å². The smallest absolute Gasteiger partial charge is 0.225 e. The van der Waals surface area contributed by atoms with Crippen molar-refractivity contribution >= 4 is 47.3 Å². The Morgan fingerprint density at radius 3 is 0.662 bits per heavy atom. The Morgan fingerprint density at radius 2 is 0.446 bits per heavy atom. The molecule has 0 heterocycles. The monoisotopic (exact) mass is 906 g/mol. The number of carbonyl (C=O) groups excluding carboxylic acids is 8.